The Hall–Kier alpha value is -4.01. The number of ether oxygens (including phenoxy) is 1. The Morgan fingerprint density at radius 2 is 1.79 bits per heavy atom. The van der Waals surface area contributed by atoms with Gasteiger partial charge in [0.05, 0.1) is 12.3 Å². The summed E-state index contributed by atoms with van der Waals surface area (Å²) in [6.07, 6.45) is 0. The van der Waals surface area contributed by atoms with Gasteiger partial charge in [0.25, 0.3) is 5.56 Å². The van der Waals surface area contributed by atoms with Gasteiger partial charge in [-0.25, -0.2) is 5.10 Å². The minimum atomic E-state index is -0.420. The molecule has 5 rings (SSSR count). The predicted molar refractivity (Wildman–Crippen MR) is 125 cm³/mol. The van der Waals surface area contributed by atoms with Gasteiger partial charge in [-0.1, -0.05) is 50.1 Å². The van der Waals surface area contributed by atoms with Crippen LogP contribution in [0.4, 0.5) is 11.6 Å². The summed E-state index contributed by atoms with van der Waals surface area (Å²) >= 11 is 0. The first kappa shape index (κ1) is 20.9. The minimum Gasteiger partial charge on any atom is -0.494 e. The molecule has 9 nitrogen and oxygen atoms in total. The molecular weight excluding hydrogens is 418 g/mol. The van der Waals surface area contributed by atoms with Crippen LogP contribution in [0.5, 0.6) is 5.75 Å². The van der Waals surface area contributed by atoms with Crippen LogP contribution in [0.1, 0.15) is 50.4 Å². The molecule has 1 aliphatic heterocycles. The van der Waals surface area contributed by atoms with E-state index in [0.29, 0.717) is 29.5 Å². The lowest BCUT2D eigenvalue weighted by Crippen LogP contribution is -2.29. The molecule has 0 bridgehead atoms. The number of benzene rings is 2. The molecule has 0 saturated carbocycles. The first-order chi connectivity index (χ1) is 15.9. The van der Waals surface area contributed by atoms with Gasteiger partial charge in [-0.2, -0.15) is 9.78 Å². The molecule has 2 aromatic heterocycles. The highest BCUT2D eigenvalue weighted by Crippen LogP contribution is 2.41. The summed E-state index contributed by atoms with van der Waals surface area (Å²) < 4.78 is 7.26. The highest BCUT2D eigenvalue weighted by molar-refractivity contribution is 5.75. The van der Waals surface area contributed by atoms with Crippen LogP contribution < -0.4 is 15.6 Å². The second kappa shape index (κ2) is 7.84. The van der Waals surface area contributed by atoms with Gasteiger partial charge in [0.1, 0.15) is 17.5 Å². The van der Waals surface area contributed by atoms with E-state index < -0.39 is 6.04 Å². The van der Waals surface area contributed by atoms with Crippen molar-refractivity contribution in [1.82, 2.24) is 30.4 Å². The van der Waals surface area contributed by atoms with Crippen LogP contribution in [0, 0.1) is 0 Å². The van der Waals surface area contributed by atoms with Crippen LogP contribution in [0.25, 0.3) is 11.3 Å². The summed E-state index contributed by atoms with van der Waals surface area (Å²) in [5, 5.41) is 22.2. The number of nitrogens with zero attached hydrogens (tertiary/aromatic N) is 5. The van der Waals surface area contributed by atoms with E-state index in [-0.39, 0.29) is 11.0 Å². The second-order valence-electron chi connectivity index (χ2n) is 8.99. The van der Waals surface area contributed by atoms with Crippen LogP contribution in [0.2, 0.25) is 0 Å². The molecule has 0 amide bonds. The van der Waals surface area contributed by atoms with Gasteiger partial charge in [-0.3, -0.25) is 4.79 Å². The number of rotatable bonds is 4. The monoisotopic (exact) mass is 443 g/mol. The zero-order valence-corrected chi connectivity index (χ0v) is 19.0. The number of aromatic nitrogens is 6. The Labute approximate surface area is 190 Å². The molecule has 33 heavy (non-hydrogen) atoms. The lowest BCUT2D eigenvalue weighted by molar-refractivity contribution is 0.340. The highest BCUT2D eigenvalue weighted by atomic mass is 16.5. The van der Waals surface area contributed by atoms with Crippen LogP contribution in [0.15, 0.2) is 53.3 Å². The van der Waals surface area contributed by atoms with E-state index >= 15 is 0 Å². The highest BCUT2D eigenvalue weighted by Gasteiger charge is 2.34. The van der Waals surface area contributed by atoms with Crippen molar-refractivity contribution in [1.29, 1.82) is 0 Å². The molecule has 0 fully saturated rings. The average molecular weight is 444 g/mol. The zero-order chi connectivity index (χ0) is 23.2. The fourth-order valence-electron chi connectivity index (χ4n) is 4.11. The topological polar surface area (TPSA) is 111 Å². The summed E-state index contributed by atoms with van der Waals surface area (Å²) in [5.41, 5.74) is 4.47. The normalized spacial score (nSPS) is 14.8. The lowest BCUT2D eigenvalue weighted by atomic mass is 9.85. The van der Waals surface area contributed by atoms with Crippen molar-refractivity contribution in [3.05, 3.63) is 75.6 Å². The molecule has 168 valence electrons. The van der Waals surface area contributed by atoms with Crippen molar-refractivity contribution in [2.45, 2.75) is 39.2 Å². The maximum Gasteiger partial charge on any atom is 0.288 e. The maximum absolute atomic E-state index is 12.8. The molecule has 9 heteroatoms. The fourth-order valence-corrected chi connectivity index (χ4v) is 4.11. The molecule has 0 spiro atoms. The van der Waals surface area contributed by atoms with Gasteiger partial charge in [0.15, 0.2) is 0 Å². The van der Waals surface area contributed by atoms with Crippen LogP contribution in [-0.2, 0) is 5.41 Å². The van der Waals surface area contributed by atoms with Gasteiger partial charge < -0.3 is 10.1 Å². The van der Waals surface area contributed by atoms with E-state index in [1.165, 1.54) is 5.56 Å². The largest absolute Gasteiger partial charge is 0.494 e. The van der Waals surface area contributed by atoms with Gasteiger partial charge in [0, 0.05) is 11.1 Å². The summed E-state index contributed by atoms with van der Waals surface area (Å²) in [6, 6.07) is 15.6. The summed E-state index contributed by atoms with van der Waals surface area (Å²) in [6.45, 7) is 9.06. The van der Waals surface area contributed by atoms with Crippen molar-refractivity contribution in [2.75, 3.05) is 11.9 Å². The molecular formula is C24H25N7O2. The van der Waals surface area contributed by atoms with E-state index in [9.17, 15) is 4.79 Å². The molecule has 0 aliphatic carbocycles. The molecule has 2 N–H and O–H groups in total. The molecule has 3 heterocycles. The number of hydrogen-bond donors (Lipinski definition) is 2. The molecule has 0 radical (unpaired) electrons. The Kier molecular flexibility index (Phi) is 4.96. The lowest BCUT2D eigenvalue weighted by Gasteiger charge is -2.28. The predicted octanol–water partition coefficient (Wildman–Crippen LogP) is 3.81. The van der Waals surface area contributed by atoms with Crippen LogP contribution in [-0.4, -0.2) is 37.0 Å². The van der Waals surface area contributed by atoms with Crippen molar-refractivity contribution in [3.63, 3.8) is 0 Å². The van der Waals surface area contributed by atoms with Gasteiger partial charge in [0.2, 0.25) is 5.95 Å². The van der Waals surface area contributed by atoms with Crippen LogP contribution in [0.3, 0.4) is 0 Å². The van der Waals surface area contributed by atoms with Crippen LogP contribution >= 0.6 is 0 Å². The molecule has 2 aromatic carbocycles. The minimum absolute atomic E-state index is 0.0245. The Morgan fingerprint density at radius 3 is 2.45 bits per heavy atom. The molecule has 0 saturated heterocycles. The van der Waals surface area contributed by atoms with Gasteiger partial charge in [-0.15, -0.1) is 0 Å². The smallest absolute Gasteiger partial charge is 0.288 e. The Balaban J connectivity index is 1.70. The first-order valence-electron chi connectivity index (χ1n) is 10.9. The van der Waals surface area contributed by atoms with E-state index in [1.807, 2.05) is 31.2 Å². The Bertz CT molecular complexity index is 1350. The third-order valence-electron chi connectivity index (χ3n) is 5.80. The third-order valence-corrected chi connectivity index (χ3v) is 5.80. The number of fused-ring (bicyclic) bond motifs is 2. The standard InChI is InChI=1S/C24H25N7O2/c1-5-33-17-12-8-14(9-13-17)19-18-20(22(32)27-26-19)25-23-28-29-30-31(23)21(18)15-6-10-16(11-7-15)24(2,3)4/h6-13,21H,5H2,1-4H3,(H,27,32)(H,25,28,30)/t21-/m0/s1. The quantitative estimate of drug-likeness (QED) is 0.434. The van der Waals surface area contributed by atoms with Crippen molar-refractivity contribution < 1.29 is 4.74 Å². The summed E-state index contributed by atoms with van der Waals surface area (Å²) in [7, 11) is 0. The SMILES string of the molecule is CCOc1ccc(-c2n[nH]c(=O)c3c2[C@H](c2ccc(C(C)(C)C)cc2)n2nnnc2N3)cc1. The van der Waals surface area contributed by atoms with Crippen molar-refractivity contribution in [2.24, 2.45) is 0 Å². The van der Waals surface area contributed by atoms with E-state index in [1.54, 1.807) is 4.68 Å². The number of nitrogens with one attached hydrogen (secondary N) is 2. The number of hydrogen-bond acceptors (Lipinski definition) is 7. The number of anilines is 2. The number of H-pyrrole nitrogens is 1. The molecule has 1 aliphatic rings. The third kappa shape index (κ3) is 3.65. The van der Waals surface area contributed by atoms with Gasteiger partial charge in [-0.05, 0) is 58.2 Å². The summed E-state index contributed by atoms with van der Waals surface area (Å²) in [5.74, 6) is 1.18. The second-order valence-corrected chi connectivity index (χ2v) is 8.99. The molecule has 0 unspecified atom stereocenters. The first-order valence-corrected chi connectivity index (χ1v) is 10.9. The average Bonchev–Trinajstić information content (AvgIpc) is 3.27. The number of aromatic amines is 1. The maximum atomic E-state index is 12.8. The van der Waals surface area contributed by atoms with Crippen molar-refractivity contribution >= 4 is 11.6 Å². The zero-order valence-electron chi connectivity index (χ0n) is 19.0. The van der Waals surface area contributed by atoms with E-state index in [4.69, 9.17) is 4.74 Å². The van der Waals surface area contributed by atoms with Crippen molar-refractivity contribution in [3.8, 4) is 17.0 Å². The molecule has 1 atom stereocenters. The fraction of sp³-hybridized carbons (Fsp3) is 0.292. The number of tetrazole rings is 1. The van der Waals surface area contributed by atoms with E-state index in [2.05, 4.69) is 76.1 Å². The molecule has 4 aromatic rings. The van der Waals surface area contributed by atoms with E-state index in [0.717, 1.165) is 16.9 Å². The Morgan fingerprint density at radius 1 is 1.06 bits per heavy atom. The van der Waals surface area contributed by atoms with Gasteiger partial charge >= 0.3 is 0 Å². The summed E-state index contributed by atoms with van der Waals surface area (Å²) in [4.78, 5) is 12.8.